The van der Waals surface area contributed by atoms with Crippen molar-refractivity contribution in [2.75, 3.05) is 9.80 Å². The van der Waals surface area contributed by atoms with Crippen LogP contribution in [-0.4, -0.2) is 6.71 Å². The molecule has 0 saturated carbocycles. The van der Waals surface area contributed by atoms with E-state index in [9.17, 15) is 0 Å². The lowest BCUT2D eigenvalue weighted by Gasteiger charge is -2.46. The third-order valence-electron chi connectivity index (χ3n) is 17.3. The van der Waals surface area contributed by atoms with Gasteiger partial charge in [-0.05, 0) is 183 Å². The molecule has 4 heteroatoms. The van der Waals surface area contributed by atoms with Crippen molar-refractivity contribution in [1.29, 1.82) is 0 Å². The number of para-hydroxylation sites is 1. The zero-order valence-electron chi connectivity index (χ0n) is 47.3. The number of anilines is 6. The van der Waals surface area contributed by atoms with E-state index in [1.165, 1.54) is 116 Å². The summed E-state index contributed by atoms with van der Waals surface area (Å²) in [4.78, 5) is 5.36. The van der Waals surface area contributed by atoms with Crippen LogP contribution >= 0.6 is 0 Å². The van der Waals surface area contributed by atoms with E-state index in [0.29, 0.717) is 0 Å². The number of fused-ring (bicyclic) bond motifs is 13. The number of furan rings is 1. The molecule has 3 nitrogen and oxygen atoms in total. The number of rotatable bonds is 3. The summed E-state index contributed by atoms with van der Waals surface area (Å²) >= 11 is 0. The van der Waals surface area contributed by atoms with Crippen LogP contribution in [0.1, 0.15) is 105 Å². The second-order valence-electron chi connectivity index (χ2n) is 26.7. The molecule has 12 aromatic rings. The predicted octanol–water partition coefficient (Wildman–Crippen LogP) is 19.1. The van der Waals surface area contributed by atoms with Crippen molar-refractivity contribution < 1.29 is 4.42 Å². The van der Waals surface area contributed by atoms with Crippen molar-refractivity contribution in [2.45, 2.75) is 105 Å². The van der Waals surface area contributed by atoms with Gasteiger partial charge in [0.1, 0.15) is 11.2 Å². The Hall–Kier alpha value is -8.08. The van der Waals surface area contributed by atoms with Crippen LogP contribution < -0.4 is 26.2 Å². The van der Waals surface area contributed by atoms with Gasteiger partial charge in [0.05, 0.1) is 0 Å². The van der Waals surface area contributed by atoms with E-state index < -0.39 is 0 Å². The van der Waals surface area contributed by atoms with Gasteiger partial charge in [-0.3, -0.25) is 0 Å². The van der Waals surface area contributed by atoms with Crippen molar-refractivity contribution in [3.8, 4) is 11.1 Å². The van der Waals surface area contributed by atoms with Gasteiger partial charge in [-0.15, -0.1) is 0 Å². The van der Waals surface area contributed by atoms with Gasteiger partial charge in [0, 0.05) is 55.7 Å². The lowest BCUT2D eigenvalue weighted by molar-refractivity contribution is 0.568. The summed E-state index contributed by atoms with van der Waals surface area (Å²) in [6.07, 6.45) is 0. The monoisotopic (exact) mass is 1010 g/mol. The number of hydrogen-bond donors (Lipinski definition) is 0. The molecule has 0 amide bonds. The summed E-state index contributed by atoms with van der Waals surface area (Å²) in [5.41, 5.74) is 20.0. The van der Waals surface area contributed by atoms with Crippen molar-refractivity contribution >= 4 is 122 Å². The second-order valence-corrected chi connectivity index (χ2v) is 26.7. The van der Waals surface area contributed by atoms with E-state index in [4.69, 9.17) is 4.42 Å². The molecular formula is C74H67BN2O. The van der Waals surface area contributed by atoms with Crippen molar-refractivity contribution in [3.05, 3.63) is 210 Å². The molecule has 0 aliphatic carbocycles. The van der Waals surface area contributed by atoms with E-state index in [1.807, 2.05) is 0 Å². The fraction of sp³-hybridized carbons (Fsp3) is 0.216. The fourth-order valence-corrected chi connectivity index (χ4v) is 12.8. The zero-order valence-corrected chi connectivity index (χ0v) is 47.3. The van der Waals surface area contributed by atoms with Crippen LogP contribution in [0.25, 0.3) is 76.2 Å². The summed E-state index contributed by atoms with van der Waals surface area (Å²) < 4.78 is 6.71. The van der Waals surface area contributed by atoms with Crippen LogP contribution in [-0.2, 0) is 21.7 Å². The maximum absolute atomic E-state index is 6.71. The third kappa shape index (κ3) is 7.61. The highest BCUT2D eigenvalue weighted by Crippen LogP contribution is 2.52. The molecule has 2 aliphatic rings. The van der Waals surface area contributed by atoms with Gasteiger partial charge in [0.25, 0.3) is 6.71 Å². The first-order chi connectivity index (χ1) is 37.2. The smallest absolute Gasteiger partial charge is 0.252 e. The largest absolute Gasteiger partial charge is 0.456 e. The van der Waals surface area contributed by atoms with Gasteiger partial charge < -0.3 is 14.2 Å². The van der Waals surface area contributed by atoms with Crippen molar-refractivity contribution in [2.24, 2.45) is 0 Å². The Kier molecular flexibility index (Phi) is 10.4. The topological polar surface area (TPSA) is 19.6 Å². The molecule has 0 spiro atoms. The van der Waals surface area contributed by atoms with Crippen LogP contribution in [0.15, 0.2) is 192 Å². The summed E-state index contributed by atoms with van der Waals surface area (Å²) in [7, 11) is 0. The molecule has 0 saturated heterocycles. The normalized spacial score (nSPS) is 13.8. The zero-order chi connectivity index (χ0) is 53.9. The first kappa shape index (κ1) is 48.3. The predicted molar refractivity (Wildman–Crippen MR) is 338 cm³/mol. The number of hydrogen-bond acceptors (Lipinski definition) is 3. The summed E-state index contributed by atoms with van der Waals surface area (Å²) in [6, 6.07) is 72.4. The molecule has 382 valence electrons. The minimum absolute atomic E-state index is 0.105. The summed E-state index contributed by atoms with van der Waals surface area (Å²) in [5.74, 6) is 0. The minimum atomic E-state index is -0.112. The molecule has 0 N–H and O–H groups in total. The van der Waals surface area contributed by atoms with E-state index in [-0.39, 0.29) is 28.4 Å². The standard InChI is InChI=1S/C74H67BN2O/c1-71(2,3)52-38-53(72(4,5)6)41-56(40-52)76-64-35-51(48-25-28-59-58-23-17-18-24-66(58)78-67(59)37-48)36-65-68(64)75(62-29-26-49-31-44-19-13-15-21-46(44)33-60(49)69(62)76)63-30-27-50-32-45-20-14-16-22-47(45)34-61(50)70(63)77(65)57-42-54(73(7,8)9)39-55(43-57)74(10,11)12/h13-43H,1-12H3. The minimum Gasteiger partial charge on any atom is -0.456 e. The molecule has 1 aromatic heterocycles. The van der Waals surface area contributed by atoms with E-state index in [0.717, 1.165) is 33.1 Å². The van der Waals surface area contributed by atoms with Crippen LogP contribution in [0, 0.1) is 0 Å². The second kappa shape index (κ2) is 16.7. The Morgan fingerprint density at radius 1 is 0.321 bits per heavy atom. The Labute approximate surface area is 460 Å². The highest BCUT2D eigenvalue weighted by molar-refractivity contribution is 7.00. The first-order valence-corrected chi connectivity index (χ1v) is 28.1. The molecule has 0 bridgehead atoms. The molecule has 0 radical (unpaired) electrons. The lowest BCUT2D eigenvalue weighted by Crippen LogP contribution is -2.61. The van der Waals surface area contributed by atoms with Gasteiger partial charge in [0.2, 0.25) is 0 Å². The molecule has 0 fully saturated rings. The van der Waals surface area contributed by atoms with E-state index in [2.05, 4.69) is 281 Å². The molecule has 78 heavy (non-hydrogen) atoms. The molecule has 2 aliphatic heterocycles. The van der Waals surface area contributed by atoms with Crippen LogP contribution in [0.3, 0.4) is 0 Å². The van der Waals surface area contributed by atoms with Gasteiger partial charge in [-0.2, -0.15) is 0 Å². The Balaban J connectivity index is 1.19. The molecule has 0 unspecified atom stereocenters. The average molecular weight is 1010 g/mol. The van der Waals surface area contributed by atoms with Crippen LogP contribution in [0.2, 0.25) is 0 Å². The molecule has 14 rings (SSSR count). The number of benzene rings is 11. The molecule has 11 aromatic carbocycles. The fourth-order valence-electron chi connectivity index (χ4n) is 12.8. The number of nitrogens with zero attached hydrogens (tertiary/aromatic N) is 2. The SMILES string of the molecule is CC(C)(C)c1cc(N2c3cc(-c4ccc5c(c4)oc4ccccc45)cc4c3B(c3ccc5cc6ccccc6cc5c32)c2ccc3cc5ccccc5cc3c2N4c2cc(C(C)(C)C)cc(C(C)(C)C)c2)cc(C(C)(C)C)c1. The summed E-state index contributed by atoms with van der Waals surface area (Å²) in [5, 5.41) is 12.2. The Bertz CT molecular complexity index is 4220. The third-order valence-corrected chi connectivity index (χ3v) is 17.3. The maximum Gasteiger partial charge on any atom is 0.252 e. The van der Waals surface area contributed by atoms with Crippen molar-refractivity contribution in [1.82, 2.24) is 0 Å². The molecule has 3 heterocycles. The highest BCUT2D eigenvalue weighted by Gasteiger charge is 2.45. The van der Waals surface area contributed by atoms with Gasteiger partial charge in [-0.25, -0.2) is 0 Å². The van der Waals surface area contributed by atoms with Crippen molar-refractivity contribution in [3.63, 3.8) is 0 Å². The Morgan fingerprint density at radius 3 is 1.18 bits per heavy atom. The first-order valence-electron chi connectivity index (χ1n) is 28.1. The molecule has 0 atom stereocenters. The maximum atomic E-state index is 6.71. The Morgan fingerprint density at radius 2 is 0.731 bits per heavy atom. The molecular weight excluding hydrogens is 944 g/mol. The highest BCUT2D eigenvalue weighted by atomic mass is 16.3. The van der Waals surface area contributed by atoms with E-state index >= 15 is 0 Å². The van der Waals surface area contributed by atoms with E-state index in [1.54, 1.807) is 0 Å². The summed E-state index contributed by atoms with van der Waals surface area (Å²) in [6.45, 7) is 28.2. The van der Waals surface area contributed by atoms with Gasteiger partial charge >= 0.3 is 0 Å². The average Bonchev–Trinajstić information content (AvgIpc) is 2.48. The van der Waals surface area contributed by atoms with Crippen LogP contribution in [0.4, 0.5) is 34.1 Å². The quantitative estimate of drug-likeness (QED) is 0.130. The van der Waals surface area contributed by atoms with Crippen LogP contribution in [0.5, 0.6) is 0 Å². The van der Waals surface area contributed by atoms with Gasteiger partial charge in [-0.1, -0.05) is 192 Å². The lowest BCUT2D eigenvalue weighted by atomic mass is 9.33. The van der Waals surface area contributed by atoms with Gasteiger partial charge in [0.15, 0.2) is 0 Å².